The number of likely N-dealkylation sites (tertiary alicyclic amines) is 1. The van der Waals surface area contributed by atoms with Gasteiger partial charge in [0.25, 0.3) is 5.91 Å². The minimum Gasteiger partial charge on any atom is -0.440 e. The lowest BCUT2D eigenvalue weighted by Gasteiger charge is -2.19. The average molecular weight is 333 g/mol. The van der Waals surface area contributed by atoms with Gasteiger partial charge in [-0.25, -0.2) is 5.43 Å². The van der Waals surface area contributed by atoms with E-state index in [1.165, 1.54) is 38.8 Å². The summed E-state index contributed by atoms with van der Waals surface area (Å²) in [5.74, 6) is 2.64. The molecule has 0 saturated carbocycles. The Bertz CT molecular complexity index is 569. The molecule has 0 atom stereocenters. The maximum atomic E-state index is 11.9. The van der Waals surface area contributed by atoms with Gasteiger partial charge in [0.2, 0.25) is 5.90 Å². The van der Waals surface area contributed by atoms with Crippen LogP contribution in [0.1, 0.15) is 36.0 Å². The quantitative estimate of drug-likeness (QED) is 0.842. The van der Waals surface area contributed by atoms with Gasteiger partial charge in [-0.15, -0.1) is 5.10 Å². The van der Waals surface area contributed by atoms with Crippen LogP contribution in [0, 0.1) is 0 Å². The molecule has 0 aromatic heterocycles. The molecule has 1 aromatic rings. The third-order valence-corrected chi connectivity index (χ3v) is 5.04. The number of fused-ring (bicyclic) bond motifs is 1. The summed E-state index contributed by atoms with van der Waals surface area (Å²) in [6, 6.07) is 7.23. The summed E-state index contributed by atoms with van der Waals surface area (Å²) in [7, 11) is 0. The Kier molecular flexibility index (Phi) is 5.93. The molecule has 2 heterocycles. The van der Waals surface area contributed by atoms with Gasteiger partial charge in [0.1, 0.15) is 5.75 Å². The number of carbonyl (C=O) groups excluding carboxylic acids is 1. The molecule has 1 aromatic carbocycles. The fraction of sp³-hybridized carbons (Fsp3) is 0.529. The van der Waals surface area contributed by atoms with Crippen LogP contribution >= 0.6 is 11.8 Å². The number of hydrogen-bond donors (Lipinski definition) is 1. The number of amides is 1. The molecule has 23 heavy (non-hydrogen) atoms. The summed E-state index contributed by atoms with van der Waals surface area (Å²) in [6.07, 6.45) is 5.38. The predicted molar refractivity (Wildman–Crippen MR) is 94.2 cm³/mol. The molecule has 3 rings (SSSR count). The first kappa shape index (κ1) is 16.3. The lowest BCUT2D eigenvalue weighted by Crippen LogP contribution is -2.27. The van der Waals surface area contributed by atoms with E-state index in [2.05, 4.69) is 15.4 Å². The maximum absolute atomic E-state index is 11.9. The van der Waals surface area contributed by atoms with Crippen molar-refractivity contribution in [3.63, 3.8) is 0 Å². The zero-order valence-electron chi connectivity index (χ0n) is 13.3. The summed E-state index contributed by atoms with van der Waals surface area (Å²) >= 11 is 1.80. The lowest BCUT2D eigenvalue weighted by atomic mass is 10.2. The minimum atomic E-state index is -0.217. The van der Waals surface area contributed by atoms with Gasteiger partial charge < -0.3 is 9.64 Å². The number of benzene rings is 1. The van der Waals surface area contributed by atoms with Crippen LogP contribution in [0.2, 0.25) is 0 Å². The number of para-hydroxylation sites is 1. The Labute approximate surface area is 141 Å². The molecule has 2 aliphatic heterocycles. The first-order chi connectivity index (χ1) is 11.3. The van der Waals surface area contributed by atoms with Crippen LogP contribution in [0.3, 0.4) is 0 Å². The molecule has 5 nitrogen and oxygen atoms in total. The standard InChI is InChI=1S/C17H23N3O2S/c21-17-14-7-3-4-8-15(14)22-16(18-19-17)13-23-12-11-20-9-5-1-2-6-10-20/h3-4,7-8H,1-2,5-6,9-13H2,(H,19,21). The Morgan fingerprint density at radius 2 is 1.96 bits per heavy atom. The zero-order valence-corrected chi connectivity index (χ0v) is 14.1. The normalized spacial score (nSPS) is 19.0. The predicted octanol–water partition coefficient (Wildman–Crippen LogP) is 2.73. The molecular weight excluding hydrogens is 310 g/mol. The number of hydrazone groups is 1. The molecule has 0 unspecified atom stereocenters. The minimum absolute atomic E-state index is 0.217. The average Bonchev–Trinajstić information content (AvgIpc) is 2.92. The van der Waals surface area contributed by atoms with Gasteiger partial charge in [-0.05, 0) is 38.1 Å². The zero-order chi connectivity index (χ0) is 15.9. The highest BCUT2D eigenvalue weighted by Crippen LogP contribution is 2.20. The van der Waals surface area contributed by atoms with Gasteiger partial charge in [0.15, 0.2) is 0 Å². The molecule has 0 spiro atoms. The molecule has 1 fully saturated rings. The highest BCUT2D eigenvalue weighted by atomic mass is 32.2. The van der Waals surface area contributed by atoms with E-state index in [4.69, 9.17) is 4.74 Å². The van der Waals surface area contributed by atoms with Crippen molar-refractivity contribution in [2.75, 3.05) is 31.1 Å². The number of carbonyl (C=O) groups is 1. The molecule has 1 amide bonds. The van der Waals surface area contributed by atoms with Crippen LogP contribution in [0.4, 0.5) is 0 Å². The molecule has 1 saturated heterocycles. The molecule has 124 valence electrons. The monoisotopic (exact) mass is 333 g/mol. The third-order valence-electron chi connectivity index (χ3n) is 4.12. The highest BCUT2D eigenvalue weighted by Gasteiger charge is 2.18. The van der Waals surface area contributed by atoms with Gasteiger partial charge in [0.05, 0.1) is 11.3 Å². The van der Waals surface area contributed by atoms with E-state index in [9.17, 15) is 4.79 Å². The van der Waals surface area contributed by atoms with Crippen LogP contribution in [-0.4, -0.2) is 47.8 Å². The van der Waals surface area contributed by atoms with Gasteiger partial charge in [-0.1, -0.05) is 25.0 Å². The Morgan fingerprint density at radius 1 is 1.17 bits per heavy atom. The summed E-state index contributed by atoms with van der Waals surface area (Å²) in [4.78, 5) is 14.5. The molecule has 2 aliphatic rings. The first-order valence-electron chi connectivity index (χ1n) is 8.27. The van der Waals surface area contributed by atoms with Crippen LogP contribution < -0.4 is 10.2 Å². The van der Waals surface area contributed by atoms with Gasteiger partial charge in [0, 0.05) is 12.3 Å². The van der Waals surface area contributed by atoms with E-state index in [0.717, 1.165) is 12.3 Å². The summed E-state index contributed by atoms with van der Waals surface area (Å²) < 4.78 is 5.77. The number of ether oxygens (including phenoxy) is 1. The second-order valence-electron chi connectivity index (χ2n) is 5.85. The summed E-state index contributed by atoms with van der Waals surface area (Å²) in [5, 5.41) is 4.08. The highest BCUT2D eigenvalue weighted by molar-refractivity contribution is 7.99. The second kappa shape index (κ2) is 8.36. The van der Waals surface area contributed by atoms with E-state index in [1.807, 2.05) is 12.1 Å². The molecule has 0 radical (unpaired) electrons. The van der Waals surface area contributed by atoms with Crippen molar-refractivity contribution in [1.29, 1.82) is 0 Å². The second-order valence-corrected chi connectivity index (χ2v) is 6.96. The van der Waals surface area contributed by atoms with Crippen molar-refractivity contribution in [2.24, 2.45) is 5.10 Å². The van der Waals surface area contributed by atoms with Crippen molar-refractivity contribution in [3.05, 3.63) is 29.8 Å². The molecular formula is C17H23N3O2S. The fourth-order valence-corrected chi connectivity index (χ4v) is 3.67. The first-order valence-corrected chi connectivity index (χ1v) is 9.42. The van der Waals surface area contributed by atoms with Gasteiger partial charge in [-0.3, -0.25) is 4.79 Å². The smallest absolute Gasteiger partial charge is 0.275 e. The Hall–Kier alpha value is -1.53. The van der Waals surface area contributed by atoms with E-state index in [-0.39, 0.29) is 5.91 Å². The lowest BCUT2D eigenvalue weighted by molar-refractivity contribution is 0.0955. The van der Waals surface area contributed by atoms with E-state index >= 15 is 0 Å². The molecule has 0 bridgehead atoms. The molecule has 0 aliphatic carbocycles. The molecule has 1 N–H and O–H groups in total. The van der Waals surface area contributed by atoms with Crippen molar-refractivity contribution in [3.8, 4) is 5.75 Å². The number of nitrogens with one attached hydrogen (secondary N) is 1. The number of nitrogens with zero attached hydrogens (tertiary/aromatic N) is 2. The Morgan fingerprint density at radius 3 is 2.78 bits per heavy atom. The van der Waals surface area contributed by atoms with Crippen LogP contribution in [0.5, 0.6) is 5.75 Å². The van der Waals surface area contributed by atoms with Crippen molar-refractivity contribution < 1.29 is 9.53 Å². The van der Waals surface area contributed by atoms with E-state index in [0.29, 0.717) is 23.0 Å². The third kappa shape index (κ3) is 4.72. The van der Waals surface area contributed by atoms with Crippen molar-refractivity contribution in [2.45, 2.75) is 25.7 Å². The number of thioether (sulfide) groups is 1. The number of rotatable bonds is 5. The van der Waals surface area contributed by atoms with Gasteiger partial charge >= 0.3 is 0 Å². The SMILES string of the molecule is O=C1NN=C(CSCCN2CCCCCC2)Oc2ccccc21. The van der Waals surface area contributed by atoms with E-state index < -0.39 is 0 Å². The topological polar surface area (TPSA) is 53.9 Å². The summed E-state index contributed by atoms with van der Waals surface area (Å²) in [6.45, 7) is 3.56. The van der Waals surface area contributed by atoms with Crippen LogP contribution in [0.25, 0.3) is 0 Å². The molecule has 6 heteroatoms. The fourth-order valence-electron chi connectivity index (χ4n) is 2.84. The van der Waals surface area contributed by atoms with Crippen molar-refractivity contribution >= 4 is 23.6 Å². The van der Waals surface area contributed by atoms with Gasteiger partial charge in [-0.2, -0.15) is 11.8 Å². The largest absolute Gasteiger partial charge is 0.440 e. The summed E-state index contributed by atoms with van der Waals surface area (Å²) in [5.41, 5.74) is 3.08. The van der Waals surface area contributed by atoms with E-state index in [1.54, 1.807) is 23.9 Å². The van der Waals surface area contributed by atoms with Crippen molar-refractivity contribution in [1.82, 2.24) is 10.3 Å². The maximum Gasteiger partial charge on any atom is 0.275 e. The van der Waals surface area contributed by atoms with Crippen LogP contribution in [0.15, 0.2) is 29.4 Å². The Balaban J connectivity index is 1.46. The number of hydrogen-bond acceptors (Lipinski definition) is 5. The van der Waals surface area contributed by atoms with Crippen LogP contribution in [-0.2, 0) is 0 Å².